The minimum atomic E-state index is 0.0771. The van der Waals surface area contributed by atoms with Crippen LogP contribution in [0, 0.1) is 13.8 Å². The quantitative estimate of drug-likeness (QED) is 0.428. The van der Waals surface area contributed by atoms with Gasteiger partial charge >= 0.3 is 0 Å². The lowest BCUT2D eigenvalue weighted by Gasteiger charge is -2.26. The van der Waals surface area contributed by atoms with Gasteiger partial charge in [-0.2, -0.15) is 0 Å². The van der Waals surface area contributed by atoms with Gasteiger partial charge in [0, 0.05) is 45.2 Å². The fourth-order valence-electron chi connectivity index (χ4n) is 4.05. The largest absolute Gasteiger partial charge is 0.378 e. The predicted molar refractivity (Wildman–Crippen MR) is 137 cm³/mol. The van der Waals surface area contributed by atoms with Crippen LogP contribution in [0.1, 0.15) is 29.8 Å². The van der Waals surface area contributed by atoms with Crippen LogP contribution in [0.2, 0.25) is 0 Å². The van der Waals surface area contributed by atoms with Crippen LogP contribution in [-0.2, 0) is 16.1 Å². The molecule has 180 valence electrons. The molecule has 1 atom stereocenters. The van der Waals surface area contributed by atoms with Gasteiger partial charge in [-0.15, -0.1) is 10.2 Å². The second-order valence-electron chi connectivity index (χ2n) is 8.96. The smallest absolute Gasteiger partial charge is 0.233 e. The van der Waals surface area contributed by atoms with Gasteiger partial charge in [-0.05, 0) is 56.5 Å². The normalized spacial score (nSPS) is 15.5. The van der Waals surface area contributed by atoms with Gasteiger partial charge in [0.25, 0.3) is 0 Å². The Bertz CT molecular complexity index is 1090. The Balaban J connectivity index is 1.47. The highest BCUT2D eigenvalue weighted by atomic mass is 32.2. The van der Waals surface area contributed by atoms with Crippen molar-refractivity contribution in [1.29, 1.82) is 0 Å². The summed E-state index contributed by atoms with van der Waals surface area (Å²) in [6, 6.07) is 16.6. The minimum absolute atomic E-state index is 0.0771. The Labute approximate surface area is 206 Å². The summed E-state index contributed by atoms with van der Waals surface area (Å²) in [6.07, 6.45) is 2.16. The third-order valence-electron chi connectivity index (χ3n) is 6.04. The molecule has 0 radical (unpaired) electrons. The number of aromatic nitrogens is 3. The summed E-state index contributed by atoms with van der Waals surface area (Å²) in [4.78, 5) is 17.4. The Hall–Kier alpha value is -2.84. The van der Waals surface area contributed by atoms with Crippen molar-refractivity contribution in [3.63, 3.8) is 0 Å². The number of amides is 1. The number of thioether (sulfide) groups is 1. The fourth-order valence-corrected chi connectivity index (χ4v) is 4.95. The first-order valence-corrected chi connectivity index (χ1v) is 12.7. The van der Waals surface area contributed by atoms with Gasteiger partial charge in [-0.1, -0.05) is 41.6 Å². The van der Waals surface area contributed by atoms with Gasteiger partial charge < -0.3 is 14.5 Å². The van der Waals surface area contributed by atoms with Crippen LogP contribution in [0.3, 0.4) is 0 Å². The van der Waals surface area contributed by atoms with Crippen molar-refractivity contribution < 1.29 is 9.53 Å². The molecule has 0 saturated carbocycles. The van der Waals surface area contributed by atoms with Crippen molar-refractivity contribution in [3.05, 3.63) is 65.5 Å². The molecule has 7 nitrogen and oxygen atoms in total. The zero-order chi connectivity index (χ0) is 24.1. The molecular weight excluding hydrogens is 446 g/mol. The van der Waals surface area contributed by atoms with E-state index in [0.29, 0.717) is 18.8 Å². The zero-order valence-electron chi connectivity index (χ0n) is 20.4. The number of hydrogen-bond donors (Lipinski definition) is 0. The van der Waals surface area contributed by atoms with E-state index in [0.717, 1.165) is 47.4 Å². The molecule has 0 bridgehead atoms. The van der Waals surface area contributed by atoms with Crippen molar-refractivity contribution in [3.8, 4) is 5.69 Å². The summed E-state index contributed by atoms with van der Waals surface area (Å²) >= 11 is 1.43. The van der Waals surface area contributed by atoms with E-state index >= 15 is 0 Å². The van der Waals surface area contributed by atoms with Gasteiger partial charge in [-0.25, -0.2) is 0 Å². The first-order chi connectivity index (χ1) is 16.4. The summed E-state index contributed by atoms with van der Waals surface area (Å²) in [5.74, 6) is 1.18. The van der Waals surface area contributed by atoms with Gasteiger partial charge in [0.15, 0.2) is 5.16 Å². The Morgan fingerprint density at radius 3 is 2.47 bits per heavy atom. The minimum Gasteiger partial charge on any atom is -0.378 e. The molecule has 8 heteroatoms. The number of hydrogen-bond acceptors (Lipinski definition) is 6. The number of nitrogens with zero attached hydrogens (tertiary/aromatic N) is 5. The van der Waals surface area contributed by atoms with E-state index in [9.17, 15) is 4.79 Å². The predicted octanol–water partition coefficient (Wildman–Crippen LogP) is 4.25. The van der Waals surface area contributed by atoms with E-state index in [1.807, 2.05) is 30.5 Å². The van der Waals surface area contributed by atoms with Crippen LogP contribution in [0.5, 0.6) is 0 Å². The molecule has 0 spiro atoms. The molecule has 2 aromatic carbocycles. The maximum atomic E-state index is 13.4. The molecule has 4 rings (SSSR count). The highest BCUT2D eigenvalue weighted by Crippen LogP contribution is 2.24. The molecule has 1 aliphatic rings. The van der Waals surface area contributed by atoms with E-state index in [-0.39, 0.29) is 12.0 Å². The second kappa shape index (κ2) is 11.1. The Morgan fingerprint density at radius 1 is 1.09 bits per heavy atom. The summed E-state index contributed by atoms with van der Waals surface area (Å²) in [6.45, 7) is 5.95. The van der Waals surface area contributed by atoms with E-state index in [1.165, 1.54) is 17.3 Å². The van der Waals surface area contributed by atoms with Crippen molar-refractivity contribution >= 4 is 23.4 Å². The summed E-state index contributed by atoms with van der Waals surface area (Å²) in [7, 11) is 4.05. The molecule has 34 heavy (non-hydrogen) atoms. The van der Waals surface area contributed by atoms with Crippen molar-refractivity contribution in [2.45, 2.75) is 44.5 Å². The average Bonchev–Trinajstić information content (AvgIpc) is 3.47. The number of carbonyl (C=O) groups excluding carboxylic acids is 1. The molecule has 1 saturated heterocycles. The van der Waals surface area contributed by atoms with Gasteiger partial charge in [0.2, 0.25) is 5.91 Å². The molecule has 1 fully saturated rings. The average molecular weight is 480 g/mol. The maximum absolute atomic E-state index is 13.4. The lowest BCUT2D eigenvalue weighted by Crippen LogP contribution is -2.38. The van der Waals surface area contributed by atoms with Crippen LogP contribution >= 0.6 is 11.8 Å². The van der Waals surface area contributed by atoms with E-state index < -0.39 is 0 Å². The van der Waals surface area contributed by atoms with Crippen molar-refractivity contribution in [1.82, 2.24) is 19.7 Å². The fraction of sp³-hybridized carbons (Fsp3) is 0.423. The maximum Gasteiger partial charge on any atom is 0.233 e. The summed E-state index contributed by atoms with van der Waals surface area (Å²) in [5, 5.41) is 9.31. The van der Waals surface area contributed by atoms with E-state index in [2.05, 4.69) is 70.6 Å². The van der Waals surface area contributed by atoms with Crippen LogP contribution in [-0.4, -0.2) is 64.7 Å². The van der Waals surface area contributed by atoms with Gasteiger partial charge in [-0.3, -0.25) is 9.36 Å². The first-order valence-electron chi connectivity index (χ1n) is 11.7. The lowest BCUT2D eigenvalue weighted by molar-refractivity contribution is -0.130. The number of carbonyl (C=O) groups is 1. The molecule has 2 heterocycles. The molecule has 1 aromatic heterocycles. The van der Waals surface area contributed by atoms with Crippen LogP contribution in [0.15, 0.2) is 53.7 Å². The second-order valence-corrected chi connectivity index (χ2v) is 9.90. The van der Waals surface area contributed by atoms with Crippen molar-refractivity contribution in [2.75, 3.05) is 37.9 Å². The van der Waals surface area contributed by atoms with E-state index in [4.69, 9.17) is 4.74 Å². The topological polar surface area (TPSA) is 63.5 Å². The first kappa shape index (κ1) is 24.3. The number of aryl methyl sites for hydroxylation is 2. The third kappa shape index (κ3) is 5.98. The van der Waals surface area contributed by atoms with Gasteiger partial charge in [0.1, 0.15) is 5.82 Å². The molecule has 0 N–H and O–H groups in total. The highest BCUT2D eigenvalue weighted by Gasteiger charge is 2.24. The molecule has 1 unspecified atom stereocenters. The van der Waals surface area contributed by atoms with Crippen LogP contribution < -0.4 is 4.90 Å². The molecule has 1 amide bonds. The van der Waals surface area contributed by atoms with Crippen molar-refractivity contribution in [2.24, 2.45) is 0 Å². The summed E-state index contributed by atoms with van der Waals surface area (Å²) in [5.41, 5.74) is 4.45. The number of anilines is 1. The van der Waals surface area contributed by atoms with Gasteiger partial charge in [0.05, 0.1) is 11.9 Å². The SMILES string of the molecule is Cc1ccc(-n2c(C)nnc2SCC(=O)N(Cc2ccc(N(C)C)cc2)CC2CCCO2)cc1. The van der Waals surface area contributed by atoms with Crippen LogP contribution in [0.4, 0.5) is 5.69 Å². The number of rotatable bonds is 9. The lowest BCUT2D eigenvalue weighted by atomic mass is 10.1. The Kier molecular flexibility index (Phi) is 7.90. The molecule has 3 aromatic rings. The number of ether oxygens (including phenoxy) is 1. The molecule has 0 aliphatic carbocycles. The zero-order valence-corrected chi connectivity index (χ0v) is 21.2. The molecular formula is C26H33N5O2S. The standard InChI is InChI=1S/C26H33N5O2S/c1-19-7-11-23(12-8-19)31-20(2)27-28-26(31)34-18-25(32)30(17-24-6-5-15-33-24)16-21-9-13-22(14-10-21)29(3)4/h7-14,24H,5-6,15-18H2,1-4H3. The third-order valence-corrected chi connectivity index (χ3v) is 6.95. The highest BCUT2D eigenvalue weighted by molar-refractivity contribution is 7.99. The molecule has 1 aliphatic heterocycles. The number of benzene rings is 2. The Morgan fingerprint density at radius 2 is 1.82 bits per heavy atom. The van der Waals surface area contributed by atoms with Crippen LogP contribution in [0.25, 0.3) is 5.69 Å². The summed E-state index contributed by atoms with van der Waals surface area (Å²) < 4.78 is 7.84. The van der Waals surface area contributed by atoms with E-state index in [1.54, 1.807) is 0 Å². The monoisotopic (exact) mass is 479 g/mol.